The Hall–Kier alpha value is -4.37. The van der Waals surface area contributed by atoms with E-state index in [-0.39, 0.29) is 12.2 Å². The normalized spacial score (nSPS) is 15.0. The number of para-hydroxylation sites is 1. The van der Waals surface area contributed by atoms with Crippen molar-refractivity contribution in [1.82, 2.24) is 9.13 Å². The third-order valence-corrected chi connectivity index (χ3v) is 8.10. The minimum atomic E-state index is -0.734. The molecule has 8 nitrogen and oxygen atoms in total. The summed E-state index contributed by atoms with van der Waals surface area (Å²) in [5, 5.41) is 0. The van der Waals surface area contributed by atoms with Crippen molar-refractivity contribution in [3.8, 4) is 17.2 Å². The molecule has 0 aliphatic carbocycles. The van der Waals surface area contributed by atoms with Crippen molar-refractivity contribution in [3.63, 3.8) is 0 Å². The van der Waals surface area contributed by atoms with Crippen LogP contribution in [0.4, 0.5) is 0 Å². The summed E-state index contributed by atoms with van der Waals surface area (Å²) in [5.74, 6) is 0.895. The Balaban J connectivity index is 1.69. The van der Waals surface area contributed by atoms with Gasteiger partial charge in [-0.25, -0.2) is 9.79 Å². The molecule has 2 aromatic heterocycles. The van der Waals surface area contributed by atoms with E-state index in [9.17, 15) is 9.59 Å². The van der Waals surface area contributed by atoms with Crippen LogP contribution in [-0.4, -0.2) is 35.4 Å². The van der Waals surface area contributed by atoms with Gasteiger partial charge in [0.2, 0.25) is 0 Å². The van der Waals surface area contributed by atoms with Gasteiger partial charge in [-0.3, -0.25) is 9.36 Å². The number of esters is 1. The summed E-state index contributed by atoms with van der Waals surface area (Å²) in [6.45, 7) is 10.2. The van der Waals surface area contributed by atoms with Crippen molar-refractivity contribution < 1.29 is 19.0 Å². The molecule has 0 N–H and O–H groups in total. The molecular formula is C32H33N3O5S. The number of aryl methyl sites for hydroxylation is 1. The Kier molecular flexibility index (Phi) is 7.99. The average Bonchev–Trinajstić information content (AvgIpc) is 3.42. The van der Waals surface area contributed by atoms with Crippen LogP contribution in [0.1, 0.15) is 49.3 Å². The van der Waals surface area contributed by atoms with Crippen LogP contribution >= 0.6 is 11.3 Å². The van der Waals surface area contributed by atoms with E-state index in [1.165, 1.54) is 11.3 Å². The molecule has 0 fully saturated rings. The number of carbonyl (C=O) groups excluding carboxylic acids is 1. The maximum atomic E-state index is 14.1. The molecule has 3 heterocycles. The fourth-order valence-corrected chi connectivity index (χ4v) is 6.32. The number of carbonyl (C=O) groups is 1. The Morgan fingerprint density at radius 1 is 1.05 bits per heavy atom. The lowest BCUT2D eigenvalue weighted by atomic mass is 9.95. The van der Waals surface area contributed by atoms with Gasteiger partial charge in [0.1, 0.15) is 17.5 Å². The summed E-state index contributed by atoms with van der Waals surface area (Å²) in [6.07, 6.45) is 1.90. The number of rotatable bonds is 8. The smallest absolute Gasteiger partial charge is 0.338 e. The third-order valence-electron chi connectivity index (χ3n) is 7.12. The van der Waals surface area contributed by atoms with Crippen LogP contribution in [0.15, 0.2) is 75.7 Å². The van der Waals surface area contributed by atoms with Crippen LogP contribution < -0.4 is 24.4 Å². The van der Waals surface area contributed by atoms with E-state index < -0.39 is 12.0 Å². The van der Waals surface area contributed by atoms with E-state index in [0.717, 1.165) is 28.4 Å². The first kappa shape index (κ1) is 28.2. The standard InChI is InChI=1S/C32H33N3O5S/c1-7-39-26-12-10-9-11-25(26)29-28(31(37)40-8-2)20(4)33-32-35(29)30(36)27(41-32)18-22-17-19(3)34(21(22)5)23-13-15-24(38-6)16-14-23/h9-18,29H,7-8H2,1-6H3/b27-18-/t29-/m1/s1. The van der Waals surface area contributed by atoms with E-state index in [1.807, 2.05) is 75.4 Å². The number of hydrogen-bond donors (Lipinski definition) is 0. The molecule has 5 rings (SSSR count). The van der Waals surface area contributed by atoms with Crippen LogP contribution in [0.3, 0.4) is 0 Å². The number of methoxy groups -OCH3 is 1. The number of thiazole rings is 1. The van der Waals surface area contributed by atoms with Gasteiger partial charge in [0.15, 0.2) is 4.80 Å². The molecule has 4 aromatic rings. The Bertz CT molecular complexity index is 1830. The lowest BCUT2D eigenvalue weighted by Gasteiger charge is -2.26. The third kappa shape index (κ3) is 5.13. The first-order valence-corrected chi connectivity index (χ1v) is 14.3. The van der Waals surface area contributed by atoms with Gasteiger partial charge < -0.3 is 18.8 Å². The fraction of sp³-hybridized carbons (Fsp3) is 0.281. The molecule has 0 saturated heterocycles. The number of fused-ring (bicyclic) bond motifs is 1. The molecule has 0 saturated carbocycles. The van der Waals surface area contributed by atoms with Crippen molar-refractivity contribution in [2.24, 2.45) is 4.99 Å². The minimum absolute atomic E-state index is 0.212. The van der Waals surface area contributed by atoms with Crippen LogP contribution in [0.2, 0.25) is 0 Å². The Morgan fingerprint density at radius 2 is 1.78 bits per heavy atom. The van der Waals surface area contributed by atoms with Crippen molar-refractivity contribution in [3.05, 3.63) is 108 Å². The van der Waals surface area contributed by atoms with E-state index >= 15 is 0 Å². The molecule has 41 heavy (non-hydrogen) atoms. The lowest BCUT2D eigenvalue weighted by Crippen LogP contribution is -2.40. The molecule has 0 spiro atoms. The second-order valence-corrected chi connectivity index (χ2v) is 10.6. The summed E-state index contributed by atoms with van der Waals surface area (Å²) in [5.41, 5.74) is 5.29. The van der Waals surface area contributed by atoms with Crippen molar-refractivity contribution in [2.45, 2.75) is 40.7 Å². The van der Waals surface area contributed by atoms with Gasteiger partial charge in [-0.15, -0.1) is 0 Å². The van der Waals surface area contributed by atoms with Gasteiger partial charge in [-0.2, -0.15) is 0 Å². The molecule has 212 valence electrons. The molecule has 1 aliphatic heterocycles. The molecule has 0 amide bonds. The van der Waals surface area contributed by atoms with Gasteiger partial charge in [0, 0.05) is 22.6 Å². The lowest BCUT2D eigenvalue weighted by molar-refractivity contribution is -0.139. The highest BCUT2D eigenvalue weighted by atomic mass is 32.1. The van der Waals surface area contributed by atoms with Gasteiger partial charge >= 0.3 is 5.97 Å². The number of benzene rings is 2. The van der Waals surface area contributed by atoms with Gasteiger partial charge in [-0.1, -0.05) is 29.5 Å². The first-order valence-electron chi connectivity index (χ1n) is 13.5. The highest BCUT2D eigenvalue weighted by Gasteiger charge is 2.35. The predicted molar refractivity (Wildman–Crippen MR) is 160 cm³/mol. The maximum absolute atomic E-state index is 14.1. The second-order valence-electron chi connectivity index (χ2n) is 9.63. The summed E-state index contributed by atoms with van der Waals surface area (Å²) in [4.78, 5) is 32.5. The monoisotopic (exact) mass is 571 g/mol. The SMILES string of the molecule is CCOC(=O)C1=C(C)N=c2s/c(=C\c3cc(C)n(-c4ccc(OC)cc4)c3C)c(=O)n2[C@@H]1c1ccccc1OCC. The fourth-order valence-electron chi connectivity index (χ4n) is 5.28. The highest BCUT2D eigenvalue weighted by molar-refractivity contribution is 7.07. The number of aromatic nitrogens is 2. The first-order chi connectivity index (χ1) is 19.8. The van der Waals surface area contributed by atoms with Crippen LogP contribution in [0.5, 0.6) is 11.5 Å². The minimum Gasteiger partial charge on any atom is -0.497 e. The molecule has 1 atom stereocenters. The van der Waals surface area contributed by atoms with Gasteiger partial charge in [0.05, 0.1) is 36.1 Å². The average molecular weight is 572 g/mol. The van der Waals surface area contributed by atoms with Crippen LogP contribution in [0, 0.1) is 13.8 Å². The van der Waals surface area contributed by atoms with Crippen molar-refractivity contribution in [1.29, 1.82) is 0 Å². The van der Waals surface area contributed by atoms with Crippen molar-refractivity contribution >= 4 is 23.4 Å². The van der Waals surface area contributed by atoms with E-state index in [4.69, 9.17) is 19.2 Å². The molecule has 2 aromatic carbocycles. The predicted octanol–water partition coefficient (Wildman–Crippen LogP) is 4.61. The topological polar surface area (TPSA) is 84.0 Å². The number of allylic oxidation sites excluding steroid dienone is 1. The molecule has 0 radical (unpaired) electrons. The zero-order valence-corrected chi connectivity index (χ0v) is 24.9. The van der Waals surface area contributed by atoms with Gasteiger partial charge in [-0.05, 0) is 82.7 Å². The highest BCUT2D eigenvalue weighted by Crippen LogP contribution is 2.36. The second kappa shape index (κ2) is 11.6. The summed E-state index contributed by atoms with van der Waals surface area (Å²) >= 11 is 1.31. The zero-order chi connectivity index (χ0) is 29.3. The number of nitrogens with zero attached hydrogens (tertiary/aromatic N) is 3. The largest absolute Gasteiger partial charge is 0.497 e. The maximum Gasteiger partial charge on any atom is 0.338 e. The quantitative estimate of drug-likeness (QED) is 0.289. The van der Waals surface area contributed by atoms with E-state index in [2.05, 4.69) is 10.6 Å². The van der Waals surface area contributed by atoms with E-state index in [1.54, 1.807) is 25.5 Å². The molecule has 0 unspecified atom stereocenters. The summed E-state index contributed by atoms with van der Waals surface area (Å²) < 4.78 is 20.9. The number of ether oxygens (including phenoxy) is 3. The van der Waals surface area contributed by atoms with Crippen molar-refractivity contribution in [2.75, 3.05) is 20.3 Å². The Labute approximate surface area is 242 Å². The molecule has 9 heteroatoms. The molecule has 0 bridgehead atoms. The summed E-state index contributed by atoms with van der Waals surface area (Å²) in [6, 6.07) is 16.7. The summed E-state index contributed by atoms with van der Waals surface area (Å²) in [7, 11) is 1.65. The van der Waals surface area contributed by atoms with E-state index in [0.29, 0.717) is 38.5 Å². The Morgan fingerprint density at radius 3 is 2.46 bits per heavy atom. The van der Waals surface area contributed by atoms with Crippen LogP contribution in [-0.2, 0) is 9.53 Å². The molecular weight excluding hydrogens is 538 g/mol. The zero-order valence-electron chi connectivity index (χ0n) is 24.1. The number of hydrogen-bond acceptors (Lipinski definition) is 7. The van der Waals surface area contributed by atoms with Gasteiger partial charge in [0.25, 0.3) is 5.56 Å². The molecule has 1 aliphatic rings. The van der Waals surface area contributed by atoms with Crippen LogP contribution in [0.25, 0.3) is 11.8 Å².